The van der Waals surface area contributed by atoms with E-state index in [0.717, 1.165) is 10.0 Å². The minimum absolute atomic E-state index is 0.252. The van der Waals surface area contributed by atoms with Gasteiger partial charge in [-0.05, 0) is 40.0 Å². The third-order valence-corrected chi connectivity index (χ3v) is 2.93. The van der Waals surface area contributed by atoms with E-state index in [-0.39, 0.29) is 5.95 Å². The molecule has 2 rings (SSSR count). The Morgan fingerprint density at radius 3 is 3.00 bits per heavy atom. The molecule has 2 aromatic heterocycles. The molecular formula is C11H12BrN5. The van der Waals surface area contributed by atoms with Crippen LogP contribution in [0.15, 0.2) is 29.1 Å². The Morgan fingerprint density at radius 1 is 1.41 bits per heavy atom. The van der Waals surface area contributed by atoms with Crippen molar-refractivity contribution in [3.63, 3.8) is 0 Å². The molecule has 0 spiro atoms. The molecule has 3 N–H and O–H groups in total. The molecule has 0 fully saturated rings. The maximum atomic E-state index is 5.53. The molecule has 5 nitrogen and oxygen atoms in total. The van der Waals surface area contributed by atoms with E-state index in [0.29, 0.717) is 12.4 Å². The van der Waals surface area contributed by atoms with Gasteiger partial charge in [0.05, 0.1) is 4.47 Å². The average molecular weight is 294 g/mol. The molecule has 88 valence electrons. The molecule has 0 aromatic carbocycles. The molecule has 0 aliphatic rings. The summed E-state index contributed by atoms with van der Waals surface area (Å²) in [4.78, 5) is 12.0. The molecule has 2 heterocycles. The van der Waals surface area contributed by atoms with Gasteiger partial charge in [-0.2, -0.15) is 4.98 Å². The zero-order valence-electron chi connectivity index (χ0n) is 9.31. The van der Waals surface area contributed by atoms with Gasteiger partial charge in [0.2, 0.25) is 5.95 Å². The van der Waals surface area contributed by atoms with E-state index in [1.165, 1.54) is 5.56 Å². The van der Waals surface area contributed by atoms with Crippen LogP contribution in [-0.2, 0) is 6.54 Å². The minimum atomic E-state index is 0.252. The molecule has 0 saturated carbocycles. The van der Waals surface area contributed by atoms with Crippen LogP contribution in [0.1, 0.15) is 11.1 Å². The Hall–Kier alpha value is -1.69. The molecule has 6 heteroatoms. The number of pyridine rings is 1. The first-order chi connectivity index (χ1) is 8.16. The highest BCUT2D eigenvalue weighted by Crippen LogP contribution is 2.20. The zero-order chi connectivity index (χ0) is 12.3. The van der Waals surface area contributed by atoms with E-state index >= 15 is 0 Å². The summed E-state index contributed by atoms with van der Waals surface area (Å²) in [5.41, 5.74) is 7.84. The number of hydrogen-bond donors (Lipinski definition) is 2. The van der Waals surface area contributed by atoms with Gasteiger partial charge < -0.3 is 11.1 Å². The fourth-order valence-corrected chi connectivity index (χ4v) is 1.72. The third kappa shape index (κ3) is 2.91. The fourth-order valence-electron chi connectivity index (χ4n) is 1.38. The largest absolute Gasteiger partial charge is 0.368 e. The summed E-state index contributed by atoms with van der Waals surface area (Å²) in [6.07, 6.45) is 5.23. The van der Waals surface area contributed by atoms with Crippen molar-refractivity contribution in [1.29, 1.82) is 0 Å². The highest BCUT2D eigenvalue weighted by molar-refractivity contribution is 9.10. The number of nitrogens with one attached hydrogen (secondary N) is 1. The smallest absolute Gasteiger partial charge is 0.221 e. The first-order valence-corrected chi connectivity index (χ1v) is 5.87. The standard InChI is InChI=1S/C11H12BrN5/c1-7-4-14-3-2-8(7)5-15-10-9(12)6-16-11(13)17-10/h2-4,6H,5H2,1H3,(H3,13,15,16,17). The zero-order valence-corrected chi connectivity index (χ0v) is 10.9. The van der Waals surface area contributed by atoms with Crippen molar-refractivity contribution in [3.05, 3.63) is 40.3 Å². The first-order valence-electron chi connectivity index (χ1n) is 5.08. The van der Waals surface area contributed by atoms with Crippen molar-refractivity contribution < 1.29 is 0 Å². The fraction of sp³-hybridized carbons (Fsp3) is 0.182. The second-order valence-corrected chi connectivity index (χ2v) is 4.43. The lowest BCUT2D eigenvalue weighted by Crippen LogP contribution is -2.06. The quantitative estimate of drug-likeness (QED) is 0.907. The number of nitrogens with zero attached hydrogens (tertiary/aromatic N) is 3. The lowest BCUT2D eigenvalue weighted by Gasteiger charge is -2.09. The molecule has 0 aliphatic heterocycles. The van der Waals surface area contributed by atoms with Crippen molar-refractivity contribution in [1.82, 2.24) is 15.0 Å². The van der Waals surface area contributed by atoms with Crippen molar-refractivity contribution >= 4 is 27.7 Å². The molecule has 2 aromatic rings. The highest BCUT2D eigenvalue weighted by atomic mass is 79.9. The monoisotopic (exact) mass is 293 g/mol. The number of halogens is 1. The summed E-state index contributed by atoms with van der Waals surface area (Å²) in [6, 6.07) is 1.97. The van der Waals surface area contributed by atoms with Crippen LogP contribution in [0.2, 0.25) is 0 Å². The Labute approximate surface area is 108 Å². The summed E-state index contributed by atoms with van der Waals surface area (Å²) in [5.74, 6) is 0.941. The molecular weight excluding hydrogens is 282 g/mol. The van der Waals surface area contributed by atoms with Gasteiger partial charge in [0.15, 0.2) is 0 Å². The van der Waals surface area contributed by atoms with Gasteiger partial charge >= 0.3 is 0 Å². The molecule has 0 radical (unpaired) electrons. The molecule has 0 bridgehead atoms. The second kappa shape index (κ2) is 5.09. The van der Waals surface area contributed by atoms with E-state index in [4.69, 9.17) is 5.73 Å². The predicted octanol–water partition coefficient (Wildman–Crippen LogP) is 2.14. The topological polar surface area (TPSA) is 76.7 Å². The number of rotatable bonds is 3. The number of anilines is 2. The van der Waals surface area contributed by atoms with Crippen LogP contribution in [0.5, 0.6) is 0 Å². The number of aryl methyl sites for hydroxylation is 1. The van der Waals surface area contributed by atoms with Crippen LogP contribution >= 0.6 is 15.9 Å². The lowest BCUT2D eigenvalue weighted by molar-refractivity contribution is 1.05. The predicted molar refractivity (Wildman–Crippen MR) is 70.4 cm³/mol. The van der Waals surface area contributed by atoms with Gasteiger partial charge in [-0.25, -0.2) is 4.98 Å². The normalized spacial score (nSPS) is 10.2. The molecule has 0 atom stereocenters. The van der Waals surface area contributed by atoms with Gasteiger partial charge in [0.25, 0.3) is 0 Å². The van der Waals surface area contributed by atoms with E-state index in [2.05, 4.69) is 36.2 Å². The van der Waals surface area contributed by atoms with Crippen molar-refractivity contribution in [2.24, 2.45) is 0 Å². The average Bonchev–Trinajstić information content (AvgIpc) is 2.32. The Kier molecular flexibility index (Phi) is 3.53. The van der Waals surface area contributed by atoms with Crippen molar-refractivity contribution in [3.8, 4) is 0 Å². The summed E-state index contributed by atoms with van der Waals surface area (Å²) in [5, 5.41) is 3.21. The van der Waals surface area contributed by atoms with E-state index in [1.54, 1.807) is 12.4 Å². The van der Waals surface area contributed by atoms with Gasteiger partial charge in [0, 0.05) is 25.1 Å². The van der Waals surface area contributed by atoms with Crippen molar-refractivity contribution in [2.45, 2.75) is 13.5 Å². The number of hydrogen-bond acceptors (Lipinski definition) is 5. The van der Waals surface area contributed by atoms with Crippen LogP contribution in [-0.4, -0.2) is 15.0 Å². The summed E-state index contributed by atoms with van der Waals surface area (Å²) in [7, 11) is 0. The minimum Gasteiger partial charge on any atom is -0.368 e. The maximum Gasteiger partial charge on any atom is 0.221 e. The molecule has 17 heavy (non-hydrogen) atoms. The Morgan fingerprint density at radius 2 is 2.24 bits per heavy atom. The molecule has 0 aliphatic carbocycles. The van der Waals surface area contributed by atoms with Crippen LogP contribution in [0.3, 0.4) is 0 Å². The highest BCUT2D eigenvalue weighted by Gasteiger charge is 2.04. The number of aromatic nitrogens is 3. The number of nitrogens with two attached hydrogens (primary N) is 1. The number of nitrogen functional groups attached to an aromatic ring is 1. The van der Waals surface area contributed by atoms with Gasteiger partial charge in [-0.15, -0.1) is 0 Å². The SMILES string of the molecule is Cc1cnccc1CNc1nc(N)ncc1Br. The maximum absolute atomic E-state index is 5.53. The first kappa shape index (κ1) is 11.8. The van der Waals surface area contributed by atoms with Gasteiger partial charge in [-0.3, -0.25) is 4.98 Å². The van der Waals surface area contributed by atoms with Gasteiger partial charge in [-0.1, -0.05) is 0 Å². The Balaban J connectivity index is 2.12. The van der Waals surface area contributed by atoms with Crippen LogP contribution in [0.4, 0.5) is 11.8 Å². The van der Waals surface area contributed by atoms with E-state index < -0.39 is 0 Å². The van der Waals surface area contributed by atoms with E-state index in [1.807, 2.05) is 19.2 Å². The summed E-state index contributed by atoms with van der Waals surface area (Å²) >= 11 is 3.37. The van der Waals surface area contributed by atoms with Crippen LogP contribution in [0.25, 0.3) is 0 Å². The lowest BCUT2D eigenvalue weighted by atomic mass is 10.1. The van der Waals surface area contributed by atoms with E-state index in [9.17, 15) is 0 Å². The molecule has 0 unspecified atom stereocenters. The van der Waals surface area contributed by atoms with Gasteiger partial charge in [0.1, 0.15) is 5.82 Å². The Bertz CT molecular complexity index is 529. The molecule has 0 amide bonds. The summed E-state index contributed by atoms with van der Waals surface area (Å²) in [6.45, 7) is 2.69. The molecule has 0 saturated heterocycles. The second-order valence-electron chi connectivity index (χ2n) is 3.58. The van der Waals surface area contributed by atoms with Crippen LogP contribution in [0, 0.1) is 6.92 Å². The van der Waals surface area contributed by atoms with Crippen LogP contribution < -0.4 is 11.1 Å². The van der Waals surface area contributed by atoms with Crippen molar-refractivity contribution in [2.75, 3.05) is 11.1 Å². The summed E-state index contributed by atoms with van der Waals surface area (Å²) < 4.78 is 0.790. The third-order valence-electron chi connectivity index (χ3n) is 2.35.